The molecule has 3 aromatic rings. The molecule has 7 nitrogen and oxygen atoms in total. The molecule has 0 radical (unpaired) electrons. The number of carbonyl (C=O) groups is 2. The van der Waals surface area contributed by atoms with E-state index in [4.69, 9.17) is 13.9 Å². The van der Waals surface area contributed by atoms with Gasteiger partial charge < -0.3 is 13.9 Å². The first kappa shape index (κ1) is 17.0. The maximum absolute atomic E-state index is 12.2. The number of hydrogen-bond donors (Lipinski definition) is 2. The Morgan fingerprint density at radius 1 is 1.04 bits per heavy atom. The lowest BCUT2D eigenvalue weighted by Crippen LogP contribution is -2.42. The highest BCUT2D eigenvalue weighted by atomic mass is 16.7. The zero-order valence-electron chi connectivity index (χ0n) is 14.9. The average molecular weight is 366 g/mol. The highest BCUT2D eigenvalue weighted by Crippen LogP contribution is 2.32. The van der Waals surface area contributed by atoms with Crippen molar-refractivity contribution in [3.8, 4) is 11.5 Å². The topological polar surface area (TPSA) is 89.8 Å². The summed E-state index contributed by atoms with van der Waals surface area (Å²) in [6.07, 6.45) is 1.67. The van der Waals surface area contributed by atoms with Crippen molar-refractivity contribution in [3.05, 3.63) is 58.8 Å². The zero-order valence-corrected chi connectivity index (χ0v) is 14.9. The van der Waals surface area contributed by atoms with E-state index in [1.165, 1.54) is 0 Å². The number of hydrazine groups is 1. The summed E-state index contributed by atoms with van der Waals surface area (Å²) in [5.74, 6) is 0.313. The largest absolute Gasteiger partial charge is 0.464 e. The van der Waals surface area contributed by atoms with Crippen LogP contribution in [0.5, 0.6) is 11.5 Å². The molecule has 0 spiro atoms. The van der Waals surface area contributed by atoms with Crippen LogP contribution in [0.15, 0.2) is 41.0 Å². The van der Waals surface area contributed by atoms with Crippen molar-refractivity contribution in [2.45, 2.75) is 20.3 Å². The van der Waals surface area contributed by atoms with Crippen LogP contribution in [0.4, 0.5) is 0 Å². The molecule has 138 valence electrons. The van der Waals surface area contributed by atoms with Crippen molar-refractivity contribution in [1.82, 2.24) is 10.9 Å². The zero-order chi connectivity index (χ0) is 19.0. The molecule has 1 aromatic heterocycles. The number of hydrogen-bond acceptors (Lipinski definition) is 5. The summed E-state index contributed by atoms with van der Waals surface area (Å²) in [5.41, 5.74) is 8.92. The van der Waals surface area contributed by atoms with Crippen molar-refractivity contribution in [3.63, 3.8) is 0 Å². The second-order valence-electron chi connectivity index (χ2n) is 6.39. The van der Waals surface area contributed by atoms with E-state index in [-0.39, 0.29) is 19.1 Å². The molecule has 0 saturated carbocycles. The number of rotatable bonds is 3. The van der Waals surface area contributed by atoms with Gasteiger partial charge in [-0.1, -0.05) is 12.1 Å². The molecule has 2 aromatic carbocycles. The molecule has 2 amide bonds. The minimum absolute atomic E-state index is 0.0942. The summed E-state index contributed by atoms with van der Waals surface area (Å²) in [6, 6.07) is 8.76. The predicted molar refractivity (Wildman–Crippen MR) is 97.6 cm³/mol. The van der Waals surface area contributed by atoms with Gasteiger partial charge in [0.05, 0.1) is 12.7 Å². The summed E-state index contributed by atoms with van der Waals surface area (Å²) in [5, 5.41) is 0.898. The average Bonchev–Trinajstić information content (AvgIpc) is 3.29. The number of fused-ring (bicyclic) bond motifs is 2. The van der Waals surface area contributed by atoms with E-state index in [1.54, 1.807) is 24.5 Å². The van der Waals surface area contributed by atoms with Crippen LogP contribution in [-0.2, 0) is 11.2 Å². The smallest absolute Gasteiger partial charge is 0.269 e. The van der Waals surface area contributed by atoms with E-state index in [0.29, 0.717) is 17.1 Å². The highest BCUT2D eigenvalue weighted by molar-refractivity contribution is 5.96. The fraction of sp³-hybridized carbons (Fsp3) is 0.200. The number of ether oxygens (including phenoxy) is 2. The molecule has 2 heterocycles. The molecular formula is C20H18N2O5. The van der Waals surface area contributed by atoms with Gasteiger partial charge in [0.25, 0.3) is 5.91 Å². The van der Waals surface area contributed by atoms with Crippen LogP contribution in [-0.4, -0.2) is 18.6 Å². The van der Waals surface area contributed by atoms with Crippen LogP contribution in [0.25, 0.3) is 11.0 Å². The highest BCUT2D eigenvalue weighted by Gasteiger charge is 2.17. The van der Waals surface area contributed by atoms with Gasteiger partial charge in [-0.05, 0) is 43.2 Å². The molecule has 0 unspecified atom stereocenters. The number of nitrogens with one attached hydrogen (secondary N) is 2. The van der Waals surface area contributed by atoms with Crippen LogP contribution in [0.3, 0.4) is 0 Å². The van der Waals surface area contributed by atoms with Gasteiger partial charge >= 0.3 is 0 Å². The fourth-order valence-electron chi connectivity index (χ4n) is 2.98. The Hall–Kier alpha value is -3.48. The van der Waals surface area contributed by atoms with E-state index in [0.717, 1.165) is 27.7 Å². The first-order valence-electron chi connectivity index (χ1n) is 8.48. The molecule has 0 saturated heterocycles. The molecule has 2 N–H and O–H groups in total. The molecule has 1 aliphatic rings. The van der Waals surface area contributed by atoms with Crippen molar-refractivity contribution < 1.29 is 23.5 Å². The Balaban J connectivity index is 1.40. The minimum Gasteiger partial charge on any atom is -0.464 e. The standard InChI is InChI=1S/C20H18N2O5/c1-11-3-5-15-14(9-25-19(15)12(11)2)8-18(23)21-22-20(24)13-4-6-16-17(7-13)27-10-26-16/h3-7,9H,8,10H2,1-2H3,(H,21,23)(H,22,24). The van der Waals surface area contributed by atoms with Gasteiger partial charge in [0, 0.05) is 16.5 Å². The quantitative estimate of drug-likeness (QED) is 0.696. The monoisotopic (exact) mass is 366 g/mol. The lowest BCUT2D eigenvalue weighted by Gasteiger charge is -2.07. The molecule has 0 fully saturated rings. The summed E-state index contributed by atoms with van der Waals surface area (Å²) in [4.78, 5) is 24.4. The van der Waals surface area contributed by atoms with Gasteiger partial charge in [-0.25, -0.2) is 0 Å². The number of benzene rings is 2. The lowest BCUT2D eigenvalue weighted by atomic mass is 10.0. The lowest BCUT2D eigenvalue weighted by molar-refractivity contribution is -0.121. The second-order valence-corrected chi connectivity index (χ2v) is 6.39. The summed E-state index contributed by atoms with van der Waals surface area (Å²) < 4.78 is 16.1. The van der Waals surface area contributed by atoms with Crippen LogP contribution in [0.1, 0.15) is 27.0 Å². The van der Waals surface area contributed by atoms with Crippen molar-refractivity contribution in [2.24, 2.45) is 0 Å². The Bertz CT molecular complexity index is 1050. The second kappa shape index (κ2) is 6.68. The number of amides is 2. The van der Waals surface area contributed by atoms with Crippen LogP contribution in [0, 0.1) is 13.8 Å². The number of furan rings is 1. The van der Waals surface area contributed by atoms with E-state index >= 15 is 0 Å². The van der Waals surface area contributed by atoms with E-state index in [2.05, 4.69) is 10.9 Å². The maximum atomic E-state index is 12.2. The molecular weight excluding hydrogens is 348 g/mol. The third-order valence-electron chi connectivity index (χ3n) is 4.64. The molecule has 27 heavy (non-hydrogen) atoms. The number of carbonyl (C=O) groups excluding carboxylic acids is 2. The Morgan fingerprint density at radius 2 is 1.85 bits per heavy atom. The minimum atomic E-state index is -0.440. The predicted octanol–water partition coefficient (Wildman–Crippen LogP) is 2.78. The van der Waals surface area contributed by atoms with E-state index in [9.17, 15) is 9.59 Å². The van der Waals surface area contributed by atoms with E-state index < -0.39 is 5.91 Å². The molecule has 0 atom stereocenters. The van der Waals surface area contributed by atoms with Gasteiger partial charge in [-0.2, -0.15) is 0 Å². The molecule has 7 heteroatoms. The van der Waals surface area contributed by atoms with Gasteiger partial charge in [0.15, 0.2) is 11.5 Å². The molecule has 1 aliphatic heterocycles. The molecule has 0 bridgehead atoms. The van der Waals surface area contributed by atoms with Crippen molar-refractivity contribution >= 4 is 22.8 Å². The van der Waals surface area contributed by atoms with Crippen molar-refractivity contribution in [2.75, 3.05) is 6.79 Å². The summed E-state index contributed by atoms with van der Waals surface area (Å²) in [7, 11) is 0. The summed E-state index contributed by atoms with van der Waals surface area (Å²) >= 11 is 0. The first-order valence-corrected chi connectivity index (χ1v) is 8.48. The van der Waals surface area contributed by atoms with Crippen molar-refractivity contribution in [1.29, 1.82) is 0 Å². The van der Waals surface area contributed by atoms with Crippen LogP contribution >= 0.6 is 0 Å². The summed E-state index contributed by atoms with van der Waals surface area (Å²) in [6.45, 7) is 4.13. The number of aryl methyl sites for hydroxylation is 2. The fourth-order valence-corrected chi connectivity index (χ4v) is 2.98. The third kappa shape index (κ3) is 3.19. The normalized spacial score (nSPS) is 12.2. The van der Waals surface area contributed by atoms with Gasteiger partial charge in [0.1, 0.15) is 5.58 Å². The first-order chi connectivity index (χ1) is 13.0. The van der Waals surface area contributed by atoms with Gasteiger partial charge in [-0.3, -0.25) is 20.4 Å². The molecule has 4 rings (SSSR count). The van der Waals surface area contributed by atoms with Gasteiger partial charge in [0.2, 0.25) is 12.7 Å². The SMILES string of the molecule is Cc1ccc2c(CC(=O)NNC(=O)c3ccc4c(c3)OCO4)coc2c1C. The Labute approximate surface area is 155 Å². The van der Waals surface area contributed by atoms with Crippen LogP contribution < -0.4 is 20.3 Å². The Morgan fingerprint density at radius 3 is 2.70 bits per heavy atom. The molecule has 0 aliphatic carbocycles. The van der Waals surface area contributed by atoms with Gasteiger partial charge in [-0.15, -0.1) is 0 Å². The Kier molecular flexibility index (Phi) is 4.19. The van der Waals surface area contributed by atoms with E-state index in [1.807, 2.05) is 26.0 Å². The third-order valence-corrected chi connectivity index (χ3v) is 4.64. The maximum Gasteiger partial charge on any atom is 0.269 e. The van der Waals surface area contributed by atoms with Crippen LogP contribution in [0.2, 0.25) is 0 Å².